The highest BCUT2D eigenvalue weighted by atomic mass is 19.1. The third-order valence-corrected chi connectivity index (χ3v) is 9.95. The summed E-state index contributed by atoms with van der Waals surface area (Å²) in [6.45, 7) is 14.1. The highest BCUT2D eigenvalue weighted by Crippen LogP contribution is 2.34. The van der Waals surface area contributed by atoms with Crippen molar-refractivity contribution in [2.75, 3.05) is 54.0 Å². The molecule has 2 aromatic carbocycles. The normalized spacial score (nSPS) is 16.8. The molecule has 2 saturated heterocycles. The van der Waals surface area contributed by atoms with E-state index in [2.05, 4.69) is 53.7 Å². The van der Waals surface area contributed by atoms with Crippen molar-refractivity contribution in [2.24, 2.45) is 4.99 Å². The van der Waals surface area contributed by atoms with Crippen LogP contribution in [0, 0.1) is 0 Å². The molecule has 0 radical (unpaired) electrons. The number of halogens is 1. The predicted molar refractivity (Wildman–Crippen MR) is 204 cm³/mol. The van der Waals surface area contributed by atoms with Crippen LogP contribution in [0.1, 0.15) is 114 Å². The van der Waals surface area contributed by atoms with Crippen molar-refractivity contribution < 1.29 is 19.0 Å². The number of ether oxygens (including phenoxy) is 1. The molecule has 2 fully saturated rings. The summed E-state index contributed by atoms with van der Waals surface area (Å²) in [6, 6.07) is 12.2. The number of hydrogen-bond acceptors (Lipinski definition) is 6. The fraction of sp³-hybridized carbons (Fsp3) is 0.561. The van der Waals surface area contributed by atoms with Gasteiger partial charge in [0.05, 0.1) is 30.2 Å². The van der Waals surface area contributed by atoms with Crippen LogP contribution < -0.4 is 14.7 Å². The largest absolute Gasteiger partial charge is 0.478 e. The number of aromatic carboxylic acids is 1. The lowest BCUT2D eigenvalue weighted by molar-refractivity contribution is 0.0697. The van der Waals surface area contributed by atoms with Crippen molar-refractivity contribution >= 4 is 34.9 Å². The van der Waals surface area contributed by atoms with Gasteiger partial charge in [0, 0.05) is 68.3 Å². The number of benzene rings is 2. The Balaban J connectivity index is 1.44. The Morgan fingerprint density at radius 3 is 2.37 bits per heavy atom. The third kappa shape index (κ3) is 11.2. The minimum absolute atomic E-state index is 0.0896. The zero-order valence-electron chi connectivity index (χ0n) is 30.4. The summed E-state index contributed by atoms with van der Waals surface area (Å²) in [7, 11) is 0. The van der Waals surface area contributed by atoms with E-state index >= 15 is 4.39 Å². The van der Waals surface area contributed by atoms with Crippen LogP contribution >= 0.6 is 0 Å². The molecule has 0 aliphatic carbocycles. The fourth-order valence-electron chi connectivity index (χ4n) is 7.09. The number of aliphatic imine (C=N–C) groups is 1. The maximum Gasteiger partial charge on any atom is 0.335 e. The highest BCUT2D eigenvalue weighted by Gasteiger charge is 2.20. The van der Waals surface area contributed by atoms with Crippen LogP contribution in [0.25, 0.3) is 0 Å². The van der Waals surface area contributed by atoms with Crippen LogP contribution in [0.15, 0.2) is 64.9 Å². The number of allylic oxidation sites excluding steroid dienone is 3. The van der Waals surface area contributed by atoms with E-state index in [1.165, 1.54) is 61.5 Å². The maximum atomic E-state index is 15.3. The van der Waals surface area contributed by atoms with Crippen LogP contribution in [0.4, 0.5) is 27.1 Å². The van der Waals surface area contributed by atoms with Gasteiger partial charge in [-0.2, -0.15) is 0 Å². The number of nitrogens with zero attached hydrogens (tertiary/aromatic N) is 4. The average molecular weight is 675 g/mol. The summed E-state index contributed by atoms with van der Waals surface area (Å²) in [6.07, 6.45) is 16.9. The number of hydrogen-bond donors (Lipinski definition) is 1. The Hall–Kier alpha value is -3.65. The first-order valence-electron chi connectivity index (χ1n) is 18.8. The maximum absolute atomic E-state index is 15.3. The zero-order valence-corrected chi connectivity index (χ0v) is 30.4. The zero-order chi connectivity index (χ0) is 35.0. The average Bonchev–Trinajstić information content (AvgIpc) is 3.53. The van der Waals surface area contributed by atoms with E-state index in [0.29, 0.717) is 23.9 Å². The summed E-state index contributed by atoms with van der Waals surface area (Å²) in [5.74, 6) is -1.27. The molecule has 2 heterocycles. The van der Waals surface area contributed by atoms with Gasteiger partial charge in [-0.15, -0.1) is 0 Å². The summed E-state index contributed by atoms with van der Waals surface area (Å²) in [5, 5.41) is 9.69. The molecule has 2 aromatic rings. The molecule has 8 heteroatoms. The molecule has 0 bridgehead atoms. The second kappa shape index (κ2) is 20.1. The van der Waals surface area contributed by atoms with Gasteiger partial charge >= 0.3 is 5.97 Å². The molecule has 2 aliphatic heterocycles. The molecule has 1 N–H and O–H groups in total. The Kier molecular flexibility index (Phi) is 15.7. The van der Waals surface area contributed by atoms with Crippen molar-refractivity contribution in [1.29, 1.82) is 0 Å². The number of unbranched alkanes of at least 4 members (excludes halogenated alkanes) is 1. The molecule has 49 heavy (non-hydrogen) atoms. The Morgan fingerprint density at radius 1 is 1.00 bits per heavy atom. The van der Waals surface area contributed by atoms with Crippen LogP contribution in [0.5, 0.6) is 0 Å². The van der Waals surface area contributed by atoms with Gasteiger partial charge in [0.15, 0.2) is 0 Å². The van der Waals surface area contributed by atoms with Crippen LogP contribution in [-0.4, -0.2) is 62.7 Å². The predicted octanol–water partition coefficient (Wildman–Crippen LogP) is 10.3. The quantitative estimate of drug-likeness (QED) is 0.125. The molecule has 1 unspecified atom stereocenters. The van der Waals surface area contributed by atoms with Gasteiger partial charge in [0.1, 0.15) is 5.83 Å². The molecular weight excluding hydrogens is 615 g/mol. The lowest BCUT2D eigenvalue weighted by Gasteiger charge is -2.33. The summed E-state index contributed by atoms with van der Waals surface area (Å²) < 4.78 is 21.3. The molecule has 268 valence electrons. The Labute approximate surface area is 294 Å². The molecule has 7 nitrogen and oxygen atoms in total. The molecule has 0 spiro atoms. The SMILES string of the molecule is C/C=C(/C=Nc1cc(C(=O)O)ccc1N(CC)C(CC)CCCC)C/C(F)=C\COCc1cc(N2CCCC2)ccc1N1CCCCCC1. The Morgan fingerprint density at radius 2 is 1.71 bits per heavy atom. The molecule has 0 saturated carbocycles. The first-order chi connectivity index (χ1) is 23.9. The second-order valence-electron chi connectivity index (χ2n) is 13.4. The number of carboxylic acids is 1. The molecule has 0 amide bonds. The first-order valence-corrected chi connectivity index (χ1v) is 18.8. The van der Waals surface area contributed by atoms with Crippen LogP contribution in [-0.2, 0) is 11.3 Å². The van der Waals surface area contributed by atoms with E-state index in [-0.39, 0.29) is 24.4 Å². The topological polar surface area (TPSA) is 68.6 Å². The summed E-state index contributed by atoms with van der Waals surface area (Å²) >= 11 is 0. The van der Waals surface area contributed by atoms with E-state index < -0.39 is 5.97 Å². The molecule has 2 aliphatic rings. The van der Waals surface area contributed by atoms with Gasteiger partial charge in [0.2, 0.25) is 0 Å². The van der Waals surface area contributed by atoms with E-state index in [1.807, 2.05) is 19.1 Å². The third-order valence-electron chi connectivity index (χ3n) is 9.95. The van der Waals surface area contributed by atoms with Gasteiger partial charge in [-0.3, -0.25) is 4.99 Å². The molecule has 0 aromatic heterocycles. The van der Waals surface area contributed by atoms with Crippen molar-refractivity contribution in [3.63, 3.8) is 0 Å². The lowest BCUT2D eigenvalue weighted by Crippen LogP contribution is -2.34. The van der Waals surface area contributed by atoms with E-state index in [4.69, 9.17) is 9.73 Å². The lowest BCUT2D eigenvalue weighted by atomic mass is 10.0. The van der Waals surface area contributed by atoms with Crippen molar-refractivity contribution in [1.82, 2.24) is 0 Å². The van der Waals surface area contributed by atoms with Gasteiger partial charge in [-0.05, 0) is 100 Å². The molecule has 4 rings (SSSR count). The number of rotatable bonds is 18. The smallest absolute Gasteiger partial charge is 0.335 e. The van der Waals surface area contributed by atoms with Crippen LogP contribution in [0.3, 0.4) is 0 Å². The minimum atomic E-state index is -0.995. The van der Waals surface area contributed by atoms with Gasteiger partial charge in [-0.25, -0.2) is 9.18 Å². The van der Waals surface area contributed by atoms with E-state index in [1.54, 1.807) is 18.3 Å². The minimum Gasteiger partial charge on any atom is -0.478 e. The van der Waals surface area contributed by atoms with Crippen LogP contribution in [0.2, 0.25) is 0 Å². The molecular formula is C41H59FN4O3. The number of anilines is 3. The Bertz CT molecular complexity index is 1420. The summed E-state index contributed by atoms with van der Waals surface area (Å²) in [5.41, 5.74) is 6.04. The van der Waals surface area contributed by atoms with Crippen molar-refractivity contribution in [3.05, 3.63) is 71.1 Å². The second-order valence-corrected chi connectivity index (χ2v) is 13.4. The number of carboxylic acid groups (broad SMARTS) is 1. The summed E-state index contributed by atoms with van der Waals surface area (Å²) in [4.78, 5) is 23.8. The van der Waals surface area contributed by atoms with Gasteiger partial charge in [-0.1, -0.05) is 45.6 Å². The monoisotopic (exact) mass is 674 g/mol. The standard InChI is InChI=1S/C41H59FN4O3/c1-5-9-16-36(7-3)46(8-4)40-19-17-33(41(47)48)29-38(40)43-30-32(6-2)27-35(42)21-26-49-31-34-28-37(44-22-14-15-23-44)18-20-39(34)45-24-12-10-11-13-25-45/h6,17-21,28-30,36H,5,7-16,22-27,31H2,1-4H3,(H,47,48)/b32-6+,35-21+,43-30?. The van der Waals surface area contributed by atoms with Gasteiger partial charge < -0.3 is 24.5 Å². The van der Waals surface area contributed by atoms with Crippen molar-refractivity contribution in [3.8, 4) is 0 Å². The highest BCUT2D eigenvalue weighted by molar-refractivity contribution is 5.92. The van der Waals surface area contributed by atoms with Gasteiger partial charge in [0.25, 0.3) is 0 Å². The van der Waals surface area contributed by atoms with E-state index in [0.717, 1.165) is 64.1 Å². The van der Waals surface area contributed by atoms with Crippen molar-refractivity contribution in [2.45, 2.75) is 111 Å². The fourth-order valence-corrected chi connectivity index (χ4v) is 7.09. The molecule has 1 atom stereocenters. The van der Waals surface area contributed by atoms with E-state index in [9.17, 15) is 9.90 Å². The first kappa shape index (κ1) is 38.2. The number of carbonyl (C=O) groups is 1.